The number of nitrogens with zero attached hydrogens (tertiary/aromatic N) is 3. The molecule has 1 amide bonds. The van der Waals surface area contributed by atoms with Crippen LogP contribution in [0.15, 0.2) is 36.7 Å². The molecule has 2 heterocycles. The predicted molar refractivity (Wildman–Crippen MR) is 114 cm³/mol. The number of aryl methyl sites for hydroxylation is 1. The number of amides is 1. The molecule has 13 heteroatoms. The number of aromatic nitrogens is 2. The van der Waals surface area contributed by atoms with Crippen molar-refractivity contribution in [1.82, 2.24) is 14.9 Å². The molecule has 1 saturated heterocycles. The molecule has 2 N–H and O–H groups in total. The summed E-state index contributed by atoms with van der Waals surface area (Å²) < 4.78 is 72.8. The van der Waals surface area contributed by atoms with Gasteiger partial charge in [-0.15, -0.1) is 0 Å². The lowest BCUT2D eigenvalue weighted by Crippen LogP contribution is -2.52. The minimum absolute atomic E-state index is 0.0310. The van der Waals surface area contributed by atoms with Gasteiger partial charge in [-0.2, -0.15) is 8.42 Å². The average Bonchev–Trinajstić information content (AvgIpc) is 2.71. The summed E-state index contributed by atoms with van der Waals surface area (Å²) in [5.74, 6) is -3.96. The van der Waals surface area contributed by atoms with Crippen molar-refractivity contribution in [2.45, 2.75) is 25.9 Å². The molecule has 1 unspecified atom stereocenters. The maximum Gasteiger partial charge on any atom is 0.410 e. The number of hydrogen-bond donors (Lipinski definition) is 2. The summed E-state index contributed by atoms with van der Waals surface area (Å²) in [6.45, 7) is 1.18. The summed E-state index contributed by atoms with van der Waals surface area (Å²) >= 11 is 0. The van der Waals surface area contributed by atoms with Crippen LogP contribution >= 0.6 is 0 Å². The second-order valence-corrected chi connectivity index (χ2v) is 8.97. The number of hydrogen-bond acceptors (Lipinski definition) is 7. The van der Waals surface area contributed by atoms with E-state index in [0.717, 1.165) is 10.6 Å². The third kappa shape index (κ3) is 9.61. The highest BCUT2D eigenvalue weighted by molar-refractivity contribution is 7.85. The van der Waals surface area contributed by atoms with Crippen LogP contribution in [-0.2, 0) is 21.5 Å². The van der Waals surface area contributed by atoms with E-state index in [1.54, 1.807) is 13.1 Å². The highest BCUT2D eigenvalue weighted by Crippen LogP contribution is 2.33. The van der Waals surface area contributed by atoms with Crippen molar-refractivity contribution in [3.05, 3.63) is 53.7 Å². The summed E-state index contributed by atoms with van der Waals surface area (Å²) in [5, 5.41) is 2.87. The molecular weight excluding hydrogens is 465 g/mol. The molecule has 1 aliphatic rings. The van der Waals surface area contributed by atoms with Crippen LogP contribution in [0.4, 0.5) is 23.8 Å². The first-order valence-electron chi connectivity index (χ1n) is 9.82. The van der Waals surface area contributed by atoms with Crippen LogP contribution in [0.2, 0.25) is 0 Å². The lowest BCUT2D eigenvalue weighted by atomic mass is 9.93. The summed E-state index contributed by atoms with van der Waals surface area (Å²) in [4.78, 5) is 21.3. The van der Waals surface area contributed by atoms with Crippen molar-refractivity contribution in [2.75, 3.05) is 31.2 Å². The number of piperidine rings is 1. The number of alkyl halides is 2. The van der Waals surface area contributed by atoms with Gasteiger partial charge in [0.05, 0.1) is 30.9 Å². The maximum atomic E-state index is 14.5. The fourth-order valence-corrected chi connectivity index (χ4v) is 2.92. The first-order chi connectivity index (χ1) is 15.3. The zero-order valence-corrected chi connectivity index (χ0v) is 18.9. The van der Waals surface area contributed by atoms with Gasteiger partial charge < -0.3 is 15.0 Å². The quantitative estimate of drug-likeness (QED) is 0.613. The number of halogens is 3. The largest absolute Gasteiger partial charge is 0.445 e. The molecule has 2 aromatic rings. The van der Waals surface area contributed by atoms with Gasteiger partial charge in [0.2, 0.25) is 0 Å². The number of likely N-dealkylation sites (tertiary alicyclic amines) is 1. The van der Waals surface area contributed by atoms with Crippen molar-refractivity contribution < 1.29 is 35.7 Å². The number of nitrogens with one attached hydrogen (secondary N) is 1. The SMILES string of the molecule is CS(=O)(=O)O.Cc1cnc(NCC2CCN(C(=O)OCc3ccc(F)cc3)CC2(F)F)cn1. The first-order valence-corrected chi connectivity index (χ1v) is 11.7. The van der Waals surface area contributed by atoms with Gasteiger partial charge in [0.25, 0.3) is 16.0 Å². The Bertz CT molecular complexity index is 1010. The van der Waals surface area contributed by atoms with Gasteiger partial charge >= 0.3 is 6.09 Å². The Balaban J connectivity index is 0.000000696. The molecule has 1 aromatic heterocycles. The molecule has 3 rings (SSSR count). The molecule has 0 bridgehead atoms. The van der Waals surface area contributed by atoms with Crippen LogP contribution in [-0.4, -0.2) is 65.7 Å². The molecule has 1 atom stereocenters. The first kappa shape index (κ1) is 26.3. The fourth-order valence-electron chi connectivity index (χ4n) is 2.92. The average molecular weight is 491 g/mol. The summed E-state index contributed by atoms with van der Waals surface area (Å²) in [6, 6.07) is 5.44. The summed E-state index contributed by atoms with van der Waals surface area (Å²) in [6.07, 6.45) is 3.09. The van der Waals surface area contributed by atoms with Gasteiger partial charge in [-0.1, -0.05) is 12.1 Å². The molecular formula is C20H25F3N4O5S. The molecule has 33 heavy (non-hydrogen) atoms. The van der Waals surface area contributed by atoms with Crippen molar-refractivity contribution in [1.29, 1.82) is 0 Å². The van der Waals surface area contributed by atoms with Gasteiger partial charge in [-0.3, -0.25) is 9.54 Å². The summed E-state index contributed by atoms with van der Waals surface area (Å²) in [5.41, 5.74) is 1.32. The van der Waals surface area contributed by atoms with Gasteiger partial charge in [-0.05, 0) is 31.0 Å². The molecule has 0 saturated carbocycles. The zero-order chi connectivity index (χ0) is 24.6. The smallest absolute Gasteiger partial charge is 0.410 e. The Morgan fingerprint density at radius 3 is 2.45 bits per heavy atom. The van der Waals surface area contributed by atoms with E-state index in [4.69, 9.17) is 9.29 Å². The molecule has 0 spiro atoms. The van der Waals surface area contributed by atoms with Gasteiger partial charge in [0.1, 0.15) is 18.2 Å². The fraction of sp³-hybridized carbons (Fsp3) is 0.450. The number of rotatable bonds is 5. The molecule has 0 radical (unpaired) electrons. The van der Waals surface area contributed by atoms with Gasteiger partial charge in [0.15, 0.2) is 0 Å². The van der Waals surface area contributed by atoms with Crippen LogP contribution in [0.3, 0.4) is 0 Å². The van der Waals surface area contributed by atoms with Crippen LogP contribution in [0.25, 0.3) is 0 Å². The molecule has 1 aromatic carbocycles. The van der Waals surface area contributed by atoms with E-state index in [1.807, 2.05) is 0 Å². The Morgan fingerprint density at radius 1 is 1.27 bits per heavy atom. The van der Waals surface area contributed by atoms with E-state index in [-0.39, 0.29) is 26.1 Å². The van der Waals surface area contributed by atoms with E-state index < -0.39 is 40.4 Å². The molecule has 1 fully saturated rings. The van der Waals surface area contributed by atoms with Crippen LogP contribution in [0.5, 0.6) is 0 Å². The minimum atomic E-state index is -3.67. The Morgan fingerprint density at radius 2 is 1.91 bits per heavy atom. The second kappa shape index (κ2) is 11.3. The number of carbonyl (C=O) groups excluding carboxylic acids is 1. The van der Waals surface area contributed by atoms with E-state index >= 15 is 0 Å². The molecule has 0 aliphatic carbocycles. The standard InChI is InChI=1S/C19H21F3N4O2.CH4O3S/c1-13-8-24-17(10-23-13)25-9-15-6-7-26(12-19(15,21)22)18(27)28-11-14-2-4-16(20)5-3-14;1-5(2,3)4/h2-5,8,10,15H,6-7,9,11-12H2,1H3,(H,24,25);1H3,(H,2,3,4). The molecule has 1 aliphatic heterocycles. The van der Waals surface area contributed by atoms with Gasteiger partial charge in [-0.25, -0.2) is 22.9 Å². The zero-order valence-electron chi connectivity index (χ0n) is 18.0. The molecule has 9 nitrogen and oxygen atoms in total. The van der Waals surface area contributed by atoms with Crippen molar-refractivity contribution in [3.8, 4) is 0 Å². The number of ether oxygens (including phenoxy) is 1. The Labute approximate surface area is 189 Å². The highest BCUT2D eigenvalue weighted by Gasteiger charge is 2.46. The maximum absolute atomic E-state index is 14.5. The van der Waals surface area contributed by atoms with Crippen LogP contribution in [0.1, 0.15) is 17.7 Å². The van der Waals surface area contributed by atoms with Crippen molar-refractivity contribution in [2.24, 2.45) is 5.92 Å². The Kier molecular flexibility index (Phi) is 8.99. The van der Waals surface area contributed by atoms with E-state index in [0.29, 0.717) is 17.6 Å². The second-order valence-electron chi connectivity index (χ2n) is 7.51. The topological polar surface area (TPSA) is 122 Å². The third-order valence-electron chi connectivity index (χ3n) is 4.59. The number of benzene rings is 1. The van der Waals surface area contributed by atoms with E-state index in [2.05, 4.69) is 15.3 Å². The summed E-state index contributed by atoms with van der Waals surface area (Å²) in [7, 11) is -3.67. The van der Waals surface area contributed by atoms with E-state index in [1.165, 1.54) is 30.5 Å². The van der Waals surface area contributed by atoms with E-state index in [9.17, 15) is 26.4 Å². The third-order valence-corrected chi connectivity index (χ3v) is 4.59. The van der Waals surface area contributed by atoms with Crippen LogP contribution in [0, 0.1) is 18.7 Å². The van der Waals surface area contributed by atoms with Gasteiger partial charge in [0, 0.05) is 19.0 Å². The Hall–Kier alpha value is -2.93. The number of carbonyl (C=O) groups is 1. The predicted octanol–water partition coefficient (Wildman–Crippen LogP) is 3.13. The van der Waals surface area contributed by atoms with Crippen LogP contribution < -0.4 is 5.32 Å². The molecule has 182 valence electrons. The highest BCUT2D eigenvalue weighted by atomic mass is 32.2. The minimum Gasteiger partial charge on any atom is -0.445 e. The normalized spacial score (nSPS) is 17.5. The van der Waals surface area contributed by atoms with Crippen molar-refractivity contribution in [3.63, 3.8) is 0 Å². The lowest BCUT2D eigenvalue weighted by molar-refractivity contribution is -0.101. The number of anilines is 1. The lowest BCUT2D eigenvalue weighted by Gasteiger charge is -2.37. The monoisotopic (exact) mass is 490 g/mol. The van der Waals surface area contributed by atoms with Crippen molar-refractivity contribution >= 4 is 22.0 Å².